The first-order valence-corrected chi connectivity index (χ1v) is 8.94. The molecule has 144 valence electrons. The Kier molecular flexibility index (Phi) is 7.35. The van der Waals surface area contributed by atoms with Crippen LogP contribution in [0.1, 0.15) is 31.1 Å². The summed E-state index contributed by atoms with van der Waals surface area (Å²) in [6.07, 6.45) is -0.0795. The SMILES string of the molecule is CCOc1ccc(C(=O)NCC2CN(CC(C)C)CCO2)cc1[N+](=O)[O-]. The molecule has 1 heterocycles. The maximum absolute atomic E-state index is 12.3. The third-order valence-corrected chi connectivity index (χ3v) is 4.05. The van der Waals surface area contributed by atoms with Crippen LogP contribution in [0, 0.1) is 16.0 Å². The molecule has 1 aliphatic rings. The molecule has 1 atom stereocenters. The Labute approximate surface area is 153 Å². The molecule has 0 spiro atoms. The highest BCUT2D eigenvalue weighted by Crippen LogP contribution is 2.27. The number of nitro groups is 1. The fourth-order valence-corrected chi connectivity index (χ4v) is 2.97. The van der Waals surface area contributed by atoms with E-state index in [1.165, 1.54) is 18.2 Å². The second-order valence-electron chi connectivity index (χ2n) is 6.73. The fraction of sp³-hybridized carbons (Fsp3) is 0.611. The van der Waals surface area contributed by atoms with Crippen molar-refractivity contribution in [2.75, 3.05) is 39.4 Å². The number of rotatable bonds is 8. The number of hydrogen-bond acceptors (Lipinski definition) is 6. The van der Waals surface area contributed by atoms with Crippen molar-refractivity contribution in [1.29, 1.82) is 0 Å². The van der Waals surface area contributed by atoms with Gasteiger partial charge >= 0.3 is 5.69 Å². The van der Waals surface area contributed by atoms with Crippen LogP contribution in [0.5, 0.6) is 5.75 Å². The van der Waals surface area contributed by atoms with Crippen LogP contribution >= 0.6 is 0 Å². The zero-order valence-corrected chi connectivity index (χ0v) is 15.6. The van der Waals surface area contributed by atoms with E-state index in [4.69, 9.17) is 9.47 Å². The van der Waals surface area contributed by atoms with E-state index >= 15 is 0 Å². The van der Waals surface area contributed by atoms with Crippen LogP contribution in [-0.2, 0) is 4.74 Å². The summed E-state index contributed by atoms with van der Waals surface area (Å²) < 4.78 is 10.9. The Hall–Kier alpha value is -2.19. The number of benzene rings is 1. The molecule has 1 amide bonds. The van der Waals surface area contributed by atoms with Crippen LogP contribution in [0.25, 0.3) is 0 Å². The number of nitrogens with zero attached hydrogens (tertiary/aromatic N) is 2. The van der Waals surface area contributed by atoms with Crippen LogP contribution in [0.15, 0.2) is 18.2 Å². The van der Waals surface area contributed by atoms with Gasteiger partial charge in [0, 0.05) is 37.8 Å². The molecule has 0 bridgehead atoms. The lowest BCUT2D eigenvalue weighted by molar-refractivity contribution is -0.385. The smallest absolute Gasteiger partial charge is 0.311 e. The Bertz CT molecular complexity index is 635. The van der Waals surface area contributed by atoms with Crippen LogP contribution < -0.4 is 10.1 Å². The van der Waals surface area contributed by atoms with Gasteiger partial charge in [0.05, 0.1) is 24.2 Å². The molecular formula is C18H27N3O5. The molecule has 8 heteroatoms. The van der Waals surface area contributed by atoms with Gasteiger partial charge in [0.1, 0.15) is 0 Å². The first-order valence-electron chi connectivity index (χ1n) is 8.94. The number of ether oxygens (including phenoxy) is 2. The highest BCUT2D eigenvalue weighted by molar-refractivity contribution is 5.95. The summed E-state index contributed by atoms with van der Waals surface area (Å²) in [5.74, 6) is 0.377. The van der Waals surface area contributed by atoms with Gasteiger partial charge in [-0.1, -0.05) is 13.8 Å². The summed E-state index contributed by atoms with van der Waals surface area (Å²) in [7, 11) is 0. The number of carbonyl (C=O) groups is 1. The zero-order chi connectivity index (χ0) is 19.1. The third-order valence-electron chi connectivity index (χ3n) is 4.05. The number of nitrogens with one attached hydrogen (secondary N) is 1. The van der Waals surface area contributed by atoms with E-state index < -0.39 is 4.92 Å². The van der Waals surface area contributed by atoms with E-state index in [1.54, 1.807) is 6.92 Å². The lowest BCUT2D eigenvalue weighted by atomic mass is 10.1. The summed E-state index contributed by atoms with van der Waals surface area (Å²) >= 11 is 0. The standard InChI is InChI=1S/C18H27N3O5/c1-4-25-17-6-5-14(9-16(17)21(23)24)18(22)19-10-15-12-20(7-8-26-15)11-13(2)3/h5-6,9,13,15H,4,7-8,10-12H2,1-3H3,(H,19,22). The predicted molar refractivity (Wildman–Crippen MR) is 97.6 cm³/mol. The summed E-state index contributed by atoms with van der Waals surface area (Å²) in [6.45, 7) is 10.1. The van der Waals surface area contributed by atoms with Gasteiger partial charge in [-0.2, -0.15) is 0 Å². The average molecular weight is 365 g/mol. The van der Waals surface area contributed by atoms with Crippen molar-refractivity contribution in [1.82, 2.24) is 10.2 Å². The maximum atomic E-state index is 12.3. The van der Waals surface area contributed by atoms with Gasteiger partial charge in [-0.15, -0.1) is 0 Å². The molecule has 1 aromatic rings. The predicted octanol–water partition coefficient (Wildman–Crippen LogP) is 2.08. The lowest BCUT2D eigenvalue weighted by Gasteiger charge is -2.33. The summed E-state index contributed by atoms with van der Waals surface area (Å²) in [5.41, 5.74) is 0.0199. The highest BCUT2D eigenvalue weighted by Gasteiger charge is 2.23. The van der Waals surface area contributed by atoms with Crippen molar-refractivity contribution in [2.24, 2.45) is 5.92 Å². The van der Waals surface area contributed by atoms with E-state index in [1.807, 2.05) is 0 Å². The Morgan fingerprint density at radius 2 is 2.27 bits per heavy atom. The van der Waals surface area contributed by atoms with Crippen molar-refractivity contribution < 1.29 is 19.2 Å². The molecule has 26 heavy (non-hydrogen) atoms. The minimum absolute atomic E-state index is 0.0795. The summed E-state index contributed by atoms with van der Waals surface area (Å²) in [5, 5.41) is 14.0. The Balaban J connectivity index is 1.95. The molecule has 0 aliphatic carbocycles. The second kappa shape index (κ2) is 9.49. The molecule has 2 rings (SSSR count). The summed E-state index contributed by atoms with van der Waals surface area (Å²) in [4.78, 5) is 25.3. The number of nitro benzene ring substituents is 1. The molecule has 1 unspecified atom stereocenters. The molecule has 1 fully saturated rings. The van der Waals surface area contributed by atoms with Crippen molar-refractivity contribution >= 4 is 11.6 Å². The Morgan fingerprint density at radius 1 is 1.50 bits per heavy atom. The van der Waals surface area contributed by atoms with Crippen molar-refractivity contribution in [3.63, 3.8) is 0 Å². The number of amides is 1. The molecule has 1 N–H and O–H groups in total. The van der Waals surface area contributed by atoms with Gasteiger partial charge in [-0.25, -0.2) is 0 Å². The Morgan fingerprint density at radius 3 is 2.92 bits per heavy atom. The first kappa shape index (κ1) is 20.1. The fourth-order valence-electron chi connectivity index (χ4n) is 2.97. The van der Waals surface area contributed by atoms with Gasteiger partial charge < -0.3 is 14.8 Å². The summed E-state index contributed by atoms with van der Waals surface area (Å²) in [6, 6.07) is 4.23. The molecule has 0 aromatic heterocycles. The molecular weight excluding hydrogens is 338 g/mol. The number of carbonyl (C=O) groups excluding carboxylic acids is 1. The van der Waals surface area contributed by atoms with Gasteiger partial charge in [0.2, 0.25) is 0 Å². The minimum Gasteiger partial charge on any atom is -0.487 e. The van der Waals surface area contributed by atoms with E-state index in [9.17, 15) is 14.9 Å². The highest BCUT2D eigenvalue weighted by atomic mass is 16.6. The maximum Gasteiger partial charge on any atom is 0.311 e. The van der Waals surface area contributed by atoms with Gasteiger partial charge in [0.25, 0.3) is 5.91 Å². The zero-order valence-electron chi connectivity index (χ0n) is 15.6. The van der Waals surface area contributed by atoms with Crippen LogP contribution in [0.2, 0.25) is 0 Å². The van der Waals surface area contributed by atoms with Crippen molar-refractivity contribution in [3.8, 4) is 5.75 Å². The van der Waals surface area contributed by atoms with Gasteiger partial charge in [0.15, 0.2) is 5.75 Å². The van der Waals surface area contributed by atoms with E-state index in [0.29, 0.717) is 25.7 Å². The molecule has 8 nitrogen and oxygen atoms in total. The normalized spacial score (nSPS) is 17.9. The van der Waals surface area contributed by atoms with E-state index in [0.717, 1.165) is 19.6 Å². The van der Waals surface area contributed by atoms with Crippen LogP contribution in [0.3, 0.4) is 0 Å². The molecule has 1 aliphatic heterocycles. The average Bonchev–Trinajstić information content (AvgIpc) is 2.60. The van der Waals surface area contributed by atoms with Crippen molar-refractivity contribution in [2.45, 2.75) is 26.9 Å². The monoisotopic (exact) mass is 365 g/mol. The van der Waals surface area contributed by atoms with Gasteiger partial charge in [-0.3, -0.25) is 19.8 Å². The van der Waals surface area contributed by atoms with Gasteiger partial charge in [-0.05, 0) is 25.0 Å². The van der Waals surface area contributed by atoms with Crippen LogP contribution in [0.4, 0.5) is 5.69 Å². The number of hydrogen-bond donors (Lipinski definition) is 1. The quantitative estimate of drug-likeness (QED) is 0.560. The third kappa shape index (κ3) is 5.67. The van der Waals surface area contributed by atoms with E-state index in [2.05, 4.69) is 24.1 Å². The molecule has 0 radical (unpaired) electrons. The molecule has 0 saturated carbocycles. The largest absolute Gasteiger partial charge is 0.487 e. The topological polar surface area (TPSA) is 93.9 Å². The molecule has 1 saturated heterocycles. The first-order chi connectivity index (χ1) is 12.4. The van der Waals surface area contributed by atoms with Crippen molar-refractivity contribution in [3.05, 3.63) is 33.9 Å². The lowest BCUT2D eigenvalue weighted by Crippen LogP contribution is -2.48. The second-order valence-corrected chi connectivity index (χ2v) is 6.73. The van der Waals surface area contributed by atoms with Crippen LogP contribution in [-0.4, -0.2) is 61.2 Å². The number of morpholine rings is 1. The molecule has 1 aromatic carbocycles. The van der Waals surface area contributed by atoms with E-state index in [-0.39, 0.29) is 29.0 Å². The minimum atomic E-state index is -0.546.